The molecular formula is C24H20N2O4. The van der Waals surface area contributed by atoms with Gasteiger partial charge in [0.05, 0.1) is 30.5 Å². The molecule has 4 aromatic rings. The Morgan fingerprint density at radius 2 is 1.77 bits per heavy atom. The summed E-state index contributed by atoms with van der Waals surface area (Å²) in [6.45, 7) is 1.99. The van der Waals surface area contributed by atoms with Gasteiger partial charge in [0.2, 0.25) is 0 Å². The van der Waals surface area contributed by atoms with Gasteiger partial charge < -0.3 is 14.8 Å². The molecule has 0 unspecified atom stereocenters. The summed E-state index contributed by atoms with van der Waals surface area (Å²) in [5.74, 6) is -0.951. The summed E-state index contributed by atoms with van der Waals surface area (Å²) in [6, 6.07) is 18.9. The Labute approximate surface area is 173 Å². The number of fused-ring (bicyclic) bond motifs is 2. The molecule has 0 atom stereocenters. The number of methoxy groups -OCH3 is 1. The quantitative estimate of drug-likeness (QED) is 0.470. The zero-order valence-corrected chi connectivity index (χ0v) is 16.6. The van der Waals surface area contributed by atoms with Crippen LogP contribution in [0, 0.1) is 0 Å². The van der Waals surface area contributed by atoms with Crippen LogP contribution in [0.25, 0.3) is 21.7 Å². The molecule has 4 rings (SSSR count). The minimum atomic E-state index is -0.488. The first kappa shape index (κ1) is 19.4. The number of rotatable bonds is 5. The first-order valence-corrected chi connectivity index (χ1v) is 9.55. The second-order valence-electron chi connectivity index (χ2n) is 6.64. The van der Waals surface area contributed by atoms with Crippen molar-refractivity contribution in [2.24, 2.45) is 0 Å². The zero-order chi connectivity index (χ0) is 21.1. The SMILES string of the molecule is CCOC(=O)c1cnc2ccc(C(=O)OC)cc2c1Nc1cccc2ccccc12. The predicted octanol–water partition coefficient (Wildman–Crippen LogP) is 5.09. The van der Waals surface area contributed by atoms with Crippen molar-refractivity contribution in [1.29, 1.82) is 0 Å². The number of pyridine rings is 1. The molecule has 30 heavy (non-hydrogen) atoms. The molecule has 0 aliphatic carbocycles. The lowest BCUT2D eigenvalue weighted by molar-refractivity contribution is 0.0526. The fourth-order valence-corrected chi connectivity index (χ4v) is 3.40. The topological polar surface area (TPSA) is 77.5 Å². The van der Waals surface area contributed by atoms with Crippen LogP contribution in [-0.4, -0.2) is 30.6 Å². The molecule has 1 N–H and O–H groups in total. The molecule has 0 fully saturated rings. The van der Waals surface area contributed by atoms with E-state index < -0.39 is 11.9 Å². The summed E-state index contributed by atoms with van der Waals surface area (Å²) in [6.07, 6.45) is 1.49. The highest BCUT2D eigenvalue weighted by atomic mass is 16.5. The number of benzene rings is 3. The van der Waals surface area contributed by atoms with Crippen LogP contribution in [0.2, 0.25) is 0 Å². The van der Waals surface area contributed by atoms with Crippen molar-refractivity contribution in [2.45, 2.75) is 6.92 Å². The molecule has 1 heterocycles. The van der Waals surface area contributed by atoms with Gasteiger partial charge in [0.25, 0.3) is 0 Å². The predicted molar refractivity (Wildman–Crippen MR) is 116 cm³/mol. The maximum atomic E-state index is 12.6. The fraction of sp³-hybridized carbons (Fsp3) is 0.125. The number of hydrogen-bond donors (Lipinski definition) is 1. The van der Waals surface area contributed by atoms with Gasteiger partial charge in [0.1, 0.15) is 5.56 Å². The largest absolute Gasteiger partial charge is 0.465 e. The Morgan fingerprint density at radius 3 is 2.57 bits per heavy atom. The molecule has 6 nitrogen and oxygen atoms in total. The molecule has 0 amide bonds. The van der Waals surface area contributed by atoms with Gasteiger partial charge in [0.15, 0.2) is 0 Å². The summed E-state index contributed by atoms with van der Waals surface area (Å²) >= 11 is 0. The molecule has 0 bridgehead atoms. The molecule has 1 aromatic heterocycles. The third kappa shape index (κ3) is 3.55. The molecule has 150 valence electrons. The van der Waals surface area contributed by atoms with Crippen LogP contribution in [0.1, 0.15) is 27.6 Å². The lowest BCUT2D eigenvalue weighted by Gasteiger charge is -2.16. The summed E-state index contributed by atoms with van der Waals surface area (Å²) in [5, 5.41) is 6.08. The minimum absolute atomic E-state index is 0.243. The Hall–Kier alpha value is -3.93. The van der Waals surface area contributed by atoms with E-state index in [1.165, 1.54) is 13.3 Å². The summed E-state index contributed by atoms with van der Waals surface area (Å²) in [7, 11) is 1.33. The Morgan fingerprint density at radius 1 is 0.967 bits per heavy atom. The number of carbonyl (C=O) groups is 2. The number of anilines is 2. The maximum absolute atomic E-state index is 12.6. The van der Waals surface area contributed by atoms with Crippen molar-refractivity contribution in [1.82, 2.24) is 4.98 Å². The molecule has 0 aliphatic heterocycles. The number of esters is 2. The second kappa shape index (κ2) is 8.21. The molecular weight excluding hydrogens is 380 g/mol. The third-order valence-corrected chi connectivity index (χ3v) is 4.83. The highest BCUT2D eigenvalue weighted by Crippen LogP contribution is 2.33. The van der Waals surface area contributed by atoms with Crippen LogP contribution in [0.15, 0.2) is 66.9 Å². The van der Waals surface area contributed by atoms with E-state index in [0.29, 0.717) is 27.7 Å². The van der Waals surface area contributed by atoms with Gasteiger partial charge in [-0.15, -0.1) is 0 Å². The summed E-state index contributed by atoms with van der Waals surface area (Å²) in [5.41, 5.74) is 2.65. The maximum Gasteiger partial charge on any atom is 0.341 e. The Bertz CT molecular complexity index is 1260. The second-order valence-corrected chi connectivity index (χ2v) is 6.64. The highest BCUT2D eigenvalue weighted by Gasteiger charge is 2.19. The fourth-order valence-electron chi connectivity index (χ4n) is 3.40. The summed E-state index contributed by atoms with van der Waals surface area (Å²) < 4.78 is 10.1. The van der Waals surface area contributed by atoms with Crippen LogP contribution in [0.4, 0.5) is 11.4 Å². The molecule has 0 saturated carbocycles. The highest BCUT2D eigenvalue weighted by molar-refractivity contribution is 6.09. The smallest absolute Gasteiger partial charge is 0.341 e. The van der Waals surface area contributed by atoms with Gasteiger partial charge >= 0.3 is 11.9 Å². The van der Waals surface area contributed by atoms with Gasteiger partial charge in [-0.25, -0.2) is 9.59 Å². The van der Waals surface area contributed by atoms with Gasteiger partial charge in [-0.3, -0.25) is 4.98 Å². The van der Waals surface area contributed by atoms with Crippen molar-refractivity contribution in [3.63, 3.8) is 0 Å². The molecule has 0 spiro atoms. The average molecular weight is 400 g/mol. The van der Waals surface area contributed by atoms with Crippen LogP contribution in [-0.2, 0) is 9.47 Å². The molecule has 0 aliphatic rings. The molecule has 0 saturated heterocycles. The summed E-state index contributed by atoms with van der Waals surface area (Å²) in [4.78, 5) is 29.1. The van der Waals surface area contributed by atoms with E-state index in [1.54, 1.807) is 25.1 Å². The van der Waals surface area contributed by atoms with Crippen molar-refractivity contribution in [2.75, 3.05) is 19.0 Å². The first-order chi connectivity index (χ1) is 14.6. The van der Waals surface area contributed by atoms with Gasteiger partial charge in [-0.05, 0) is 36.6 Å². The molecule has 3 aromatic carbocycles. The van der Waals surface area contributed by atoms with Crippen LogP contribution < -0.4 is 5.32 Å². The van der Waals surface area contributed by atoms with Crippen molar-refractivity contribution in [3.8, 4) is 0 Å². The van der Waals surface area contributed by atoms with Crippen molar-refractivity contribution in [3.05, 3.63) is 78.0 Å². The van der Waals surface area contributed by atoms with E-state index in [2.05, 4.69) is 10.3 Å². The Kier molecular flexibility index (Phi) is 5.30. The standard InChI is InChI=1S/C24H20N2O4/c1-3-30-24(28)19-14-25-20-12-11-16(23(27)29-2)13-18(20)22(19)26-21-10-6-8-15-7-4-5-9-17(15)21/h4-14H,3H2,1-2H3,(H,25,26). The van der Waals surface area contributed by atoms with E-state index >= 15 is 0 Å². The van der Waals surface area contributed by atoms with E-state index in [9.17, 15) is 9.59 Å². The molecule has 0 radical (unpaired) electrons. The number of carbonyl (C=O) groups excluding carboxylic acids is 2. The van der Waals surface area contributed by atoms with Gasteiger partial charge in [-0.2, -0.15) is 0 Å². The zero-order valence-electron chi connectivity index (χ0n) is 16.6. The van der Waals surface area contributed by atoms with Gasteiger partial charge in [0, 0.05) is 22.7 Å². The molecule has 6 heteroatoms. The van der Waals surface area contributed by atoms with Crippen molar-refractivity contribution < 1.29 is 19.1 Å². The third-order valence-electron chi connectivity index (χ3n) is 4.83. The minimum Gasteiger partial charge on any atom is -0.465 e. The van der Waals surface area contributed by atoms with E-state index in [0.717, 1.165) is 16.5 Å². The van der Waals surface area contributed by atoms with Crippen LogP contribution in [0.3, 0.4) is 0 Å². The normalized spacial score (nSPS) is 10.7. The van der Waals surface area contributed by atoms with E-state index in [4.69, 9.17) is 9.47 Å². The number of nitrogens with zero attached hydrogens (tertiary/aromatic N) is 1. The number of ether oxygens (including phenoxy) is 2. The monoisotopic (exact) mass is 400 g/mol. The average Bonchev–Trinajstić information content (AvgIpc) is 2.78. The number of aromatic nitrogens is 1. The van der Waals surface area contributed by atoms with Crippen LogP contribution in [0.5, 0.6) is 0 Å². The van der Waals surface area contributed by atoms with Crippen molar-refractivity contribution >= 4 is 45.0 Å². The number of hydrogen-bond acceptors (Lipinski definition) is 6. The first-order valence-electron chi connectivity index (χ1n) is 9.55. The van der Waals surface area contributed by atoms with Crippen LogP contribution >= 0.6 is 0 Å². The van der Waals surface area contributed by atoms with E-state index in [1.807, 2.05) is 42.5 Å². The lowest BCUT2D eigenvalue weighted by atomic mass is 10.0. The van der Waals surface area contributed by atoms with Gasteiger partial charge in [-0.1, -0.05) is 36.4 Å². The van der Waals surface area contributed by atoms with E-state index in [-0.39, 0.29) is 6.61 Å². The number of nitrogens with one attached hydrogen (secondary N) is 1. The lowest BCUT2D eigenvalue weighted by Crippen LogP contribution is -2.10. The Balaban J connectivity index is 1.94.